The number of hydrogen-bond donors (Lipinski definition) is 3. The molecule has 0 unspecified atom stereocenters. The van der Waals surface area contributed by atoms with Crippen molar-refractivity contribution in [2.45, 2.75) is 43.5 Å². The van der Waals surface area contributed by atoms with Crippen molar-refractivity contribution in [3.8, 4) is 5.75 Å². The van der Waals surface area contributed by atoms with Gasteiger partial charge in [-0.1, -0.05) is 24.3 Å². The smallest absolute Gasteiger partial charge is 0.224 e. The zero-order valence-corrected chi connectivity index (χ0v) is 17.3. The van der Waals surface area contributed by atoms with Crippen LogP contribution in [0.1, 0.15) is 36.5 Å². The highest BCUT2D eigenvalue weighted by Gasteiger charge is 2.52. The number of benzene rings is 2. The zero-order chi connectivity index (χ0) is 21.6. The molecule has 2 heterocycles. The van der Waals surface area contributed by atoms with E-state index < -0.39 is 17.5 Å². The van der Waals surface area contributed by atoms with E-state index in [-0.39, 0.29) is 23.6 Å². The minimum atomic E-state index is -0.865. The highest BCUT2D eigenvalue weighted by atomic mass is 19.1. The third-order valence-corrected chi connectivity index (χ3v) is 6.81. The quantitative estimate of drug-likeness (QED) is 0.685. The van der Waals surface area contributed by atoms with Gasteiger partial charge in [0.2, 0.25) is 5.91 Å². The molecule has 3 N–H and O–H groups in total. The Hall–Kier alpha value is -2.48. The summed E-state index contributed by atoms with van der Waals surface area (Å²) in [5, 5.41) is 24.5. The average molecular weight is 426 g/mol. The molecule has 1 saturated carbocycles. The first-order valence-electron chi connectivity index (χ1n) is 10.9. The van der Waals surface area contributed by atoms with Crippen LogP contribution in [0.5, 0.6) is 5.75 Å². The number of nitrogens with zero attached hydrogens (tertiary/aromatic N) is 1. The van der Waals surface area contributed by atoms with Crippen molar-refractivity contribution in [2.24, 2.45) is 5.92 Å². The topological polar surface area (TPSA) is 82.0 Å². The highest BCUT2D eigenvalue weighted by Crippen LogP contribution is 2.43. The van der Waals surface area contributed by atoms with Gasteiger partial charge < -0.3 is 20.3 Å². The van der Waals surface area contributed by atoms with E-state index in [2.05, 4.69) is 5.32 Å². The summed E-state index contributed by atoms with van der Waals surface area (Å²) in [5.41, 5.74) is 0.611. The molecular weight excluding hydrogens is 399 g/mol. The lowest BCUT2D eigenvalue weighted by Gasteiger charge is -2.26. The second-order valence-electron chi connectivity index (χ2n) is 9.09. The van der Waals surface area contributed by atoms with Gasteiger partial charge in [0.15, 0.2) is 0 Å². The van der Waals surface area contributed by atoms with Gasteiger partial charge in [-0.25, -0.2) is 4.39 Å². The van der Waals surface area contributed by atoms with Crippen molar-refractivity contribution < 1.29 is 24.1 Å². The summed E-state index contributed by atoms with van der Waals surface area (Å²) < 4.78 is 20.5. The van der Waals surface area contributed by atoms with Crippen molar-refractivity contribution in [3.05, 3.63) is 59.4 Å². The molecule has 0 aromatic heterocycles. The van der Waals surface area contributed by atoms with E-state index in [4.69, 9.17) is 4.74 Å². The van der Waals surface area contributed by atoms with Crippen LogP contribution in [0.2, 0.25) is 0 Å². The lowest BCUT2D eigenvalue weighted by molar-refractivity contribution is -0.116. The van der Waals surface area contributed by atoms with Crippen LogP contribution in [0.15, 0.2) is 42.5 Å². The largest absolute Gasteiger partial charge is 0.490 e. The Labute approximate surface area is 180 Å². The number of hydrogen-bond acceptors (Lipinski definition) is 5. The van der Waals surface area contributed by atoms with Crippen LogP contribution >= 0.6 is 0 Å². The van der Waals surface area contributed by atoms with Crippen LogP contribution in [0.25, 0.3) is 0 Å². The van der Waals surface area contributed by atoms with Crippen LogP contribution in [0, 0.1) is 11.7 Å². The number of carbonyl (C=O) groups is 1. The molecule has 2 aliphatic heterocycles. The predicted molar refractivity (Wildman–Crippen MR) is 113 cm³/mol. The first-order chi connectivity index (χ1) is 14.9. The summed E-state index contributed by atoms with van der Waals surface area (Å²) in [4.78, 5) is 13.6. The van der Waals surface area contributed by atoms with Gasteiger partial charge in [0.25, 0.3) is 0 Å². The Kier molecular flexibility index (Phi) is 5.20. The SMILES string of the molecule is O=C1CCc2cc([C@H](O)CN3C[C@H]4C[C@H](Oc5ccccc5)C[C@@]4(O)C3)cc(F)c2N1. The number of aryl methyl sites for hydroxylation is 1. The first-order valence-corrected chi connectivity index (χ1v) is 10.9. The van der Waals surface area contributed by atoms with Gasteiger partial charge >= 0.3 is 0 Å². The highest BCUT2D eigenvalue weighted by molar-refractivity contribution is 5.94. The normalized spacial score (nSPS) is 28.7. The Morgan fingerprint density at radius 1 is 1.26 bits per heavy atom. The number of halogens is 1. The maximum Gasteiger partial charge on any atom is 0.224 e. The fourth-order valence-electron chi connectivity index (χ4n) is 5.32. The molecule has 4 atom stereocenters. The number of amides is 1. The molecule has 1 amide bonds. The van der Waals surface area contributed by atoms with E-state index in [9.17, 15) is 19.4 Å². The number of rotatable bonds is 5. The minimum absolute atomic E-state index is 0.0191. The molecule has 6 nitrogen and oxygen atoms in total. The number of ether oxygens (including phenoxy) is 1. The number of aliphatic hydroxyl groups is 2. The molecular formula is C24H27FN2O4. The summed E-state index contributed by atoms with van der Waals surface area (Å²) in [6.07, 6.45) is 1.23. The molecule has 31 heavy (non-hydrogen) atoms. The van der Waals surface area contributed by atoms with E-state index in [0.717, 1.165) is 12.2 Å². The number of para-hydroxylation sites is 1. The molecule has 0 spiro atoms. The summed E-state index contributed by atoms with van der Waals surface area (Å²) in [6, 6.07) is 12.7. The van der Waals surface area contributed by atoms with Crippen LogP contribution in [0.3, 0.4) is 0 Å². The first kappa shape index (κ1) is 20.4. The predicted octanol–water partition coefficient (Wildman–Crippen LogP) is 2.65. The second-order valence-corrected chi connectivity index (χ2v) is 9.09. The van der Waals surface area contributed by atoms with Gasteiger partial charge in [-0.2, -0.15) is 0 Å². The Bertz CT molecular complexity index is 985. The Morgan fingerprint density at radius 3 is 2.84 bits per heavy atom. The number of β-amino-alcohol motifs (C(OH)–C–C–N with tert-alkyl or cyclic N) is 2. The molecule has 0 bridgehead atoms. The van der Waals surface area contributed by atoms with Gasteiger partial charge in [0.1, 0.15) is 17.7 Å². The Balaban J connectivity index is 1.21. The summed E-state index contributed by atoms with van der Waals surface area (Å²) in [6.45, 7) is 1.46. The van der Waals surface area contributed by atoms with Gasteiger partial charge in [-0.15, -0.1) is 0 Å². The third-order valence-electron chi connectivity index (χ3n) is 6.81. The second kappa shape index (κ2) is 7.89. The van der Waals surface area contributed by atoms with Crippen LogP contribution < -0.4 is 10.1 Å². The molecule has 5 rings (SSSR count). The number of anilines is 1. The molecule has 1 aliphatic carbocycles. The third kappa shape index (κ3) is 4.05. The molecule has 0 radical (unpaired) electrons. The van der Waals surface area contributed by atoms with Crippen molar-refractivity contribution >= 4 is 11.6 Å². The monoisotopic (exact) mass is 426 g/mol. The van der Waals surface area contributed by atoms with E-state index in [1.165, 1.54) is 6.07 Å². The minimum Gasteiger partial charge on any atom is -0.490 e. The number of nitrogens with one attached hydrogen (secondary N) is 1. The van der Waals surface area contributed by atoms with Crippen molar-refractivity contribution in [3.63, 3.8) is 0 Å². The van der Waals surface area contributed by atoms with Gasteiger partial charge in [-0.3, -0.25) is 9.69 Å². The molecule has 2 fully saturated rings. The lowest BCUT2D eigenvalue weighted by atomic mass is 9.95. The molecule has 3 aliphatic rings. The molecule has 1 saturated heterocycles. The molecule has 2 aromatic carbocycles. The summed E-state index contributed by atoms with van der Waals surface area (Å²) in [7, 11) is 0. The molecule has 7 heteroatoms. The lowest BCUT2D eigenvalue weighted by Crippen LogP contribution is -2.36. The average Bonchev–Trinajstić information content (AvgIpc) is 3.19. The van der Waals surface area contributed by atoms with Gasteiger partial charge in [0.05, 0.1) is 17.4 Å². The van der Waals surface area contributed by atoms with Crippen molar-refractivity contribution in [1.82, 2.24) is 4.90 Å². The standard InChI is InChI=1S/C24H27FN2O4/c25-20-9-16(8-15-6-7-22(29)26-23(15)20)21(28)13-27-12-17-10-19(11-24(17,30)14-27)31-18-4-2-1-3-5-18/h1-5,8-9,17,19,21,28,30H,6-7,10-14H2,(H,26,29)/t17-,19+,21-,24-/m1/s1. The van der Waals surface area contributed by atoms with Crippen LogP contribution in [-0.2, 0) is 11.2 Å². The maximum atomic E-state index is 14.5. The van der Waals surface area contributed by atoms with E-state index in [0.29, 0.717) is 50.0 Å². The summed E-state index contributed by atoms with van der Waals surface area (Å²) >= 11 is 0. The molecule has 2 aromatic rings. The number of likely N-dealkylation sites (tertiary alicyclic amines) is 1. The number of aliphatic hydroxyl groups excluding tert-OH is 1. The van der Waals surface area contributed by atoms with Crippen LogP contribution in [-0.4, -0.2) is 52.4 Å². The van der Waals surface area contributed by atoms with Gasteiger partial charge in [0, 0.05) is 38.4 Å². The fourth-order valence-corrected chi connectivity index (χ4v) is 5.32. The molecule has 164 valence electrons. The van der Waals surface area contributed by atoms with Crippen LogP contribution in [0.4, 0.5) is 10.1 Å². The van der Waals surface area contributed by atoms with E-state index in [1.807, 2.05) is 35.2 Å². The summed E-state index contributed by atoms with van der Waals surface area (Å²) in [5.74, 6) is 0.196. The van der Waals surface area contributed by atoms with Crippen molar-refractivity contribution in [1.29, 1.82) is 0 Å². The van der Waals surface area contributed by atoms with E-state index >= 15 is 0 Å². The zero-order valence-electron chi connectivity index (χ0n) is 17.3. The van der Waals surface area contributed by atoms with Gasteiger partial charge in [-0.05, 0) is 42.2 Å². The number of fused-ring (bicyclic) bond motifs is 2. The fraction of sp³-hybridized carbons (Fsp3) is 0.458. The van der Waals surface area contributed by atoms with E-state index in [1.54, 1.807) is 6.07 Å². The van der Waals surface area contributed by atoms with Crippen molar-refractivity contribution in [2.75, 3.05) is 25.0 Å². The Morgan fingerprint density at radius 2 is 2.06 bits per heavy atom. The number of carbonyl (C=O) groups excluding carboxylic acids is 1. The maximum absolute atomic E-state index is 14.5.